The van der Waals surface area contributed by atoms with Crippen LogP contribution in [0.2, 0.25) is 0 Å². The van der Waals surface area contributed by atoms with Gasteiger partial charge in [0.05, 0.1) is 19.8 Å². The Morgan fingerprint density at radius 3 is 2.66 bits per heavy atom. The molecule has 6 nitrogen and oxygen atoms in total. The molecule has 0 aromatic heterocycles. The van der Waals surface area contributed by atoms with Crippen molar-refractivity contribution in [2.45, 2.75) is 32.2 Å². The van der Waals surface area contributed by atoms with Gasteiger partial charge in [0.1, 0.15) is 17.4 Å². The fraction of sp³-hybridized carbons (Fsp3) is 0.364. The molecule has 2 aromatic carbocycles. The van der Waals surface area contributed by atoms with Gasteiger partial charge in [-0.3, -0.25) is 4.79 Å². The minimum absolute atomic E-state index is 0.302. The van der Waals surface area contributed by atoms with Crippen molar-refractivity contribution in [3.05, 3.63) is 59.7 Å². The van der Waals surface area contributed by atoms with Crippen LogP contribution in [0.15, 0.2) is 48.5 Å². The maximum absolute atomic E-state index is 13.0. The van der Waals surface area contributed by atoms with Gasteiger partial charge in [0.25, 0.3) is 0 Å². The Bertz CT molecular complexity index is 933. The molecule has 3 atom stereocenters. The number of methoxy groups -OCH3 is 1. The third-order valence-electron chi connectivity index (χ3n) is 5.58. The van der Waals surface area contributed by atoms with Gasteiger partial charge in [0.15, 0.2) is 10.8 Å². The van der Waals surface area contributed by atoms with E-state index in [-0.39, 0.29) is 12.0 Å². The van der Waals surface area contributed by atoms with E-state index >= 15 is 0 Å². The number of hydrogen-bond donors (Lipinski definition) is 1. The van der Waals surface area contributed by atoms with Gasteiger partial charge in [-0.1, -0.05) is 30.3 Å². The maximum Gasteiger partial charge on any atom is 0.317 e. The number of hydrogen-bond acceptors (Lipinski definition) is 5. The second-order valence-corrected chi connectivity index (χ2v) is 7.67. The molecule has 2 aromatic rings. The Kier molecular flexibility index (Phi) is 5.08. The first kappa shape index (κ1) is 19.5. The van der Waals surface area contributed by atoms with E-state index in [1.165, 1.54) is 0 Å². The van der Waals surface area contributed by atoms with Crippen LogP contribution in [0.25, 0.3) is 0 Å². The number of thiocarbonyl (C=S) groups is 1. The molecule has 2 aliphatic heterocycles. The number of ether oxygens (including phenoxy) is 3. The Balaban J connectivity index is 1.75. The molecule has 0 spiro atoms. The van der Waals surface area contributed by atoms with E-state index in [0.717, 1.165) is 22.6 Å². The normalized spacial score (nSPS) is 24.8. The van der Waals surface area contributed by atoms with Crippen LogP contribution in [-0.2, 0) is 16.1 Å². The molecule has 0 aliphatic carbocycles. The smallest absolute Gasteiger partial charge is 0.317 e. The predicted octanol–water partition coefficient (Wildman–Crippen LogP) is 3.41. The highest BCUT2D eigenvalue weighted by Crippen LogP contribution is 2.48. The van der Waals surface area contributed by atoms with Gasteiger partial charge in [0, 0.05) is 12.1 Å². The molecule has 0 amide bonds. The second kappa shape index (κ2) is 7.55. The largest absolute Gasteiger partial charge is 0.497 e. The van der Waals surface area contributed by atoms with E-state index in [9.17, 15) is 4.79 Å². The zero-order chi connectivity index (χ0) is 20.6. The minimum atomic E-state index is -0.979. The summed E-state index contributed by atoms with van der Waals surface area (Å²) >= 11 is 5.69. The number of carbonyl (C=O) groups is 1. The molecule has 29 heavy (non-hydrogen) atoms. The molecule has 1 fully saturated rings. The van der Waals surface area contributed by atoms with Crippen molar-refractivity contribution in [2.75, 3.05) is 13.7 Å². The van der Waals surface area contributed by atoms with Gasteiger partial charge < -0.3 is 24.4 Å². The summed E-state index contributed by atoms with van der Waals surface area (Å²) in [5.41, 5.74) is 0.960. The Hall–Kier alpha value is -2.80. The van der Waals surface area contributed by atoms with Crippen molar-refractivity contribution < 1.29 is 19.0 Å². The van der Waals surface area contributed by atoms with E-state index < -0.39 is 11.6 Å². The zero-order valence-corrected chi connectivity index (χ0v) is 17.5. The monoisotopic (exact) mass is 412 g/mol. The van der Waals surface area contributed by atoms with E-state index in [4.69, 9.17) is 26.4 Å². The molecule has 2 aliphatic rings. The number of benzene rings is 2. The third kappa shape index (κ3) is 3.29. The first-order chi connectivity index (χ1) is 14.0. The van der Waals surface area contributed by atoms with Gasteiger partial charge >= 0.3 is 5.97 Å². The average Bonchev–Trinajstić information content (AvgIpc) is 2.71. The fourth-order valence-electron chi connectivity index (χ4n) is 4.13. The molecular weight excluding hydrogens is 388 g/mol. The molecule has 2 bridgehead atoms. The van der Waals surface area contributed by atoms with Gasteiger partial charge in [-0.2, -0.15) is 0 Å². The third-order valence-corrected chi connectivity index (χ3v) is 5.92. The summed E-state index contributed by atoms with van der Waals surface area (Å²) in [5.74, 6) is 0.661. The zero-order valence-electron chi connectivity index (χ0n) is 16.7. The van der Waals surface area contributed by atoms with Gasteiger partial charge in [-0.15, -0.1) is 0 Å². The van der Waals surface area contributed by atoms with E-state index in [1.807, 2.05) is 60.4 Å². The van der Waals surface area contributed by atoms with Crippen LogP contribution in [0.3, 0.4) is 0 Å². The molecule has 1 saturated heterocycles. The van der Waals surface area contributed by atoms with Crippen molar-refractivity contribution in [3.63, 3.8) is 0 Å². The van der Waals surface area contributed by atoms with E-state index in [1.54, 1.807) is 14.0 Å². The molecule has 7 heteroatoms. The minimum Gasteiger partial charge on any atom is -0.497 e. The predicted molar refractivity (Wildman–Crippen MR) is 113 cm³/mol. The molecule has 4 rings (SSSR count). The molecular formula is C22H24N2O4S. The summed E-state index contributed by atoms with van der Waals surface area (Å²) < 4.78 is 17.1. The lowest BCUT2D eigenvalue weighted by Crippen LogP contribution is -2.70. The molecule has 0 radical (unpaired) electrons. The summed E-state index contributed by atoms with van der Waals surface area (Å²) in [6.45, 7) is 4.51. The molecule has 0 unspecified atom stereocenters. The number of carbonyl (C=O) groups excluding carboxylic acids is 1. The summed E-state index contributed by atoms with van der Waals surface area (Å²) in [6.07, 6.45) is 0. The number of para-hydroxylation sites is 1. The lowest BCUT2D eigenvalue weighted by Gasteiger charge is -2.55. The SMILES string of the molecule is CCOC(=O)[C@H]1[C@@H]2NC(=S)N(Cc3ccc(OC)cc3)[C@@]1(C)Oc1ccccc12. The summed E-state index contributed by atoms with van der Waals surface area (Å²) in [4.78, 5) is 14.9. The average molecular weight is 413 g/mol. The Morgan fingerprint density at radius 2 is 1.97 bits per heavy atom. The number of fused-ring (bicyclic) bond motifs is 4. The summed E-state index contributed by atoms with van der Waals surface area (Å²) in [5, 5.41) is 3.91. The summed E-state index contributed by atoms with van der Waals surface area (Å²) in [7, 11) is 1.64. The highest BCUT2D eigenvalue weighted by molar-refractivity contribution is 7.80. The van der Waals surface area contributed by atoms with E-state index in [2.05, 4.69) is 5.32 Å². The fourth-order valence-corrected chi connectivity index (χ4v) is 4.50. The first-order valence-corrected chi connectivity index (χ1v) is 10.0. The van der Waals surface area contributed by atoms with Crippen LogP contribution in [0.1, 0.15) is 31.0 Å². The van der Waals surface area contributed by atoms with Crippen molar-refractivity contribution in [1.29, 1.82) is 0 Å². The highest BCUT2D eigenvalue weighted by atomic mass is 32.1. The van der Waals surface area contributed by atoms with Gasteiger partial charge in [-0.05, 0) is 49.8 Å². The van der Waals surface area contributed by atoms with Crippen LogP contribution in [0, 0.1) is 5.92 Å². The van der Waals surface area contributed by atoms with Gasteiger partial charge in [-0.25, -0.2) is 0 Å². The number of nitrogens with zero attached hydrogens (tertiary/aromatic N) is 1. The van der Waals surface area contributed by atoms with Crippen molar-refractivity contribution >= 4 is 23.3 Å². The lowest BCUT2D eigenvalue weighted by molar-refractivity contribution is -0.176. The van der Waals surface area contributed by atoms with Crippen LogP contribution in [0.5, 0.6) is 11.5 Å². The molecule has 2 heterocycles. The lowest BCUT2D eigenvalue weighted by atomic mass is 9.79. The van der Waals surface area contributed by atoms with Crippen LogP contribution in [-0.4, -0.2) is 35.4 Å². The van der Waals surface area contributed by atoms with Crippen molar-refractivity contribution in [2.24, 2.45) is 5.92 Å². The Labute approximate surface area is 175 Å². The quantitative estimate of drug-likeness (QED) is 0.596. The first-order valence-electron chi connectivity index (χ1n) is 9.63. The number of nitrogens with one attached hydrogen (secondary N) is 1. The maximum atomic E-state index is 13.0. The van der Waals surface area contributed by atoms with Crippen LogP contribution < -0.4 is 14.8 Å². The number of rotatable bonds is 5. The van der Waals surface area contributed by atoms with Gasteiger partial charge in [0.2, 0.25) is 0 Å². The van der Waals surface area contributed by atoms with Crippen LogP contribution in [0.4, 0.5) is 0 Å². The highest BCUT2D eigenvalue weighted by Gasteiger charge is 2.59. The molecule has 0 saturated carbocycles. The molecule has 152 valence electrons. The van der Waals surface area contributed by atoms with Crippen molar-refractivity contribution in [1.82, 2.24) is 10.2 Å². The number of esters is 1. The molecule has 1 N–H and O–H groups in total. The van der Waals surface area contributed by atoms with Crippen molar-refractivity contribution in [3.8, 4) is 11.5 Å². The standard InChI is InChI=1S/C22H24N2O4S/c1-4-27-20(25)18-19-16-7-5-6-8-17(16)28-22(18,2)24(21(29)23-19)13-14-9-11-15(26-3)12-10-14/h5-12,18-19H,4,13H2,1-3H3,(H,23,29)/t18-,19-,22+/m1/s1. The summed E-state index contributed by atoms with van der Waals surface area (Å²) in [6, 6.07) is 15.2. The Morgan fingerprint density at radius 1 is 1.24 bits per heavy atom. The van der Waals surface area contributed by atoms with Crippen LogP contribution >= 0.6 is 12.2 Å². The second-order valence-electron chi connectivity index (χ2n) is 7.29. The topological polar surface area (TPSA) is 60.0 Å². The van der Waals surface area contributed by atoms with E-state index in [0.29, 0.717) is 18.3 Å².